The molecule has 0 spiro atoms. The molecule has 0 fully saturated rings. The van der Waals surface area contributed by atoms with Crippen LogP contribution in [0.3, 0.4) is 0 Å². The third-order valence-corrected chi connectivity index (χ3v) is 6.85. The van der Waals surface area contributed by atoms with E-state index in [1.165, 1.54) is 11.8 Å². The van der Waals surface area contributed by atoms with Crippen LogP contribution in [0.1, 0.15) is 27.3 Å². The molecule has 36 heavy (non-hydrogen) atoms. The Morgan fingerprint density at radius 3 is 2.39 bits per heavy atom. The zero-order valence-electron chi connectivity index (χ0n) is 19.6. The van der Waals surface area contributed by atoms with Gasteiger partial charge in [0.1, 0.15) is 0 Å². The van der Waals surface area contributed by atoms with E-state index in [-0.39, 0.29) is 24.1 Å². The van der Waals surface area contributed by atoms with Gasteiger partial charge in [0.25, 0.3) is 5.91 Å². The highest BCUT2D eigenvalue weighted by Gasteiger charge is 2.18. The predicted molar refractivity (Wildman–Crippen MR) is 144 cm³/mol. The first-order valence-electron chi connectivity index (χ1n) is 11.0. The van der Waals surface area contributed by atoms with Crippen LogP contribution in [0.25, 0.3) is 5.69 Å². The number of carbonyl (C=O) groups is 2. The van der Waals surface area contributed by atoms with Gasteiger partial charge in [-0.05, 0) is 61.9 Å². The van der Waals surface area contributed by atoms with Crippen molar-refractivity contribution in [3.63, 3.8) is 0 Å². The number of aryl methyl sites for hydroxylation is 2. The third kappa shape index (κ3) is 6.46. The number of anilines is 1. The Hall–Kier alpha value is -3.33. The van der Waals surface area contributed by atoms with Gasteiger partial charge in [-0.1, -0.05) is 64.8 Å². The van der Waals surface area contributed by atoms with Gasteiger partial charge in [-0.2, -0.15) is 0 Å². The summed E-state index contributed by atoms with van der Waals surface area (Å²) in [6.45, 7) is 4.01. The lowest BCUT2D eigenvalue weighted by Crippen LogP contribution is -2.24. The zero-order chi connectivity index (χ0) is 25.7. The number of thioether (sulfide) groups is 1. The average Bonchev–Trinajstić information content (AvgIpc) is 3.25. The van der Waals surface area contributed by atoms with Crippen LogP contribution >= 0.6 is 35.0 Å². The Labute approximate surface area is 223 Å². The maximum atomic E-state index is 12.7. The molecule has 1 heterocycles. The van der Waals surface area contributed by atoms with Crippen molar-refractivity contribution in [1.82, 2.24) is 20.1 Å². The number of carbonyl (C=O) groups excluding carboxylic acids is 2. The van der Waals surface area contributed by atoms with Crippen molar-refractivity contribution < 1.29 is 9.59 Å². The second-order valence-electron chi connectivity index (χ2n) is 8.09. The topological polar surface area (TPSA) is 88.9 Å². The predicted octanol–water partition coefficient (Wildman–Crippen LogP) is 5.85. The molecular formula is C26H23Cl2N5O2S. The van der Waals surface area contributed by atoms with Crippen LogP contribution in [0, 0.1) is 13.8 Å². The second kappa shape index (κ2) is 11.6. The van der Waals surface area contributed by atoms with E-state index in [4.69, 9.17) is 23.2 Å². The SMILES string of the molecule is Cc1cccc(NC(=O)CSc2nnc(CNC(=O)c3cccc(C)c3)n2-c2ccc(Cl)c(Cl)c2)c1. The van der Waals surface area contributed by atoms with Crippen molar-refractivity contribution in [3.05, 3.63) is 99.3 Å². The molecule has 0 atom stereocenters. The van der Waals surface area contributed by atoms with E-state index in [0.29, 0.717) is 32.3 Å². The number of aromatic nitrogens is 3. The molecule has 0 bridgehead atoms. The maximum absolute atomic E-state index is 12.7. The summed E-state index contributed by atoms with van der Waals surface area (Å²) in [7, 11) is 0. The van der Waals surface area contributed by atoms with E-state index in [0.717, 1.165) is 16.8 Å². The summed E-state index contributed by atoms with van der Waals surface area (Å²) in [5.41, 5.74) is 3.99. The molecule has 0 aliphatic carbocycles. The van der Waals surface area contributed by atoms with Crippen LogP contribution in [0.4, 0.5) is 5.69 Å². The number of rotatable bonds is 8. The monoisotopic (exact) mass is 539 g/mol. The van der Waals surface area contributed by atoms with Gasteiger partial charge in [-0.3, -0.25) is 14.2 Å². The molecule has 0 saturated heterocycles. The van der Waals surface area contributed by atoms with E-state index in [9.17, 15) is 9.59 Å². The molecule has 10 heteroatoms. The minimum atomic E-state index is -0.228. The Bertz CT molecular complexity index is 1420. The van der Waals surface area contributed by atoms with E-state index < -0.39 is 0 Å². The molecule has 0 aliphatic heterocycles. The number of halogens is 2. The maximum Gasteiger partial charge on any atom is 0.251 e. The van der Waals surface area contributed by atoms with Crippen molar-refractivity contribution in [2.24, 2.45) is 0 Å². The van der Waals surface area contributed by atoms with Crippen molar-refractivity contribution in [2.45, 2.75) is 25.5 Å². The van der Waals surface area contributed by atoms with Gasteiger partial charge >= 0.3 is 0 Å². The fourth-order valence-electron chi connectivity index (χ4n) is 3.49. The van der Waals surface area contributed by atoms with Gasteiger partial charge in [-0.25, -0.2) is 0 Å². The number of amides is 2. The number of nitrogens with one attached hydrogen (secondary N) is 2. The van der Waals surface area contributed by atoms with Gasteiger partial charge in [0.05, 0.1) is 28.0 Å². The van der Waals surface area contributed by atoms with Crippen LogP contribution in [-0.2, 0) is 11.3 Å². The van der Waals surface area contributed by atoms with Gasteiger partial charge in [-0.15, -0.1) is 10.2 Å². The van der Waals surface area contributed by atoms with Crippen molar-refractivity contribution in [3.8, 4) is 5.69 Å². The first-order valence-corrected chi connectivity index (χ1v) is 12.8. The van der Waals surface area contributed by atoms with Crippen LogP contribution in [0.15, 0.2) is 71.9 Å². The first kappa shape index (κ1) is 25.8. The van der Waals surface area contributed by atoms with Gasteiger partial charge in [0.15, 0.2) is 11.0 Å². The largest absolute Gasteiger partial charge is 0.345 e. The number of hydrogen-bond donors (Lipinski definition) is 2. The van der Waals surface area contributed by atoms with Crippen LogP contribution < -0.4 is 10.6 Å². The van der Waals surface area contributed by atoms with Crippen molar-refractivity contribution in [1.29, 1.82) is 0 Å². The van der Waals surface area contributed by atoms with E-state index in [1.807, 2.05) is 56.3 Å². The summed E-state index contributed by atoms with van der Waals surface area (Å²) in [6, 6.07) is 20.0. The summed E-state index contributed by atoms with van der Waals surface area (Å²) in [4.78, 5) is 25.2. The molecule has 2 amide bonds. The lowest BCUT2D eigenvalue weighted by molar-refractivity contribution is -0.113. The molecular weight excluding hydrogens is 517 g/mol. The van der Waals surface area contributed by atoms with E-state index in [1.54, 1.807) is 28.8 Å². The molecule has 0 unspecified atom stereocenters. The standard InChI is InChI=1S/C26H23Cl2N5O2S/c1-16-5-3-7-18(11-16)25(35)29-14-23-31-32-26(33(23)20-9-10-21(27)22(28)13-20)36-15-24(34)30-19-8-4-6-17(2)12-19/h3-13H,14-15H2,1-2H3,(H,29,35)(H,30,34). The molecule has 4 aromatic rings. The highest BCUT2D eigenvalue weighted by molar-refractivity contribution is 7.99. The minimum Gasteiger partial charge on any atom is -0.345 e. The summed E-state index contributed by atoms with van der Waals surface area (Å²) < 4.78 is 1.75. The summed E-state index contributed by atoms with van der Waals surface area (Å²) in [6.07, 6.45) is 0. The quantitative estimate of drug-likeness (QED) is 0.274. The fraction of sp³-hybridized carbons (Fsp3) is 0.154. The number of hydrogen-bond acceptors (Lipinski definition) is 5. The Kier molecular flexibility index (Phi) is 8.30. The average molecular weight is 540 g/mol. The molecule has 0 aliphatic rings. The van der Waals surface area contributed by atoms with Crippen LogP contribution in [0.5, 0.6) is 0 Å². The lowest BCUT2D eigenvalue weighted by atomic mass is 10.1. The second-order valence-corrected chi connectivity index (χ2v) is 9.85. The summed E-state index contributed by atoms with van der Waals surface area (Å²) in [5.74, 6) is 0.192. The van der Waals surface area contributed by atoms with Gasteiger partial charge < -0.3 is 10.6 Å². The number of benzene rings is 3. The molecule has 3 aromatic carbocycles. The highest BCUT2D eigenvalue weighted by Crippen LogP contribution is 2.28. The van der Waals surface area contributed by atoms with Gasteiger partial charge in [0, 0.05) is 11.3 Å². The van der Waals surface area contributed by atoms with Crippen molar-refractivity contribution in [2.75, 3.05) is 11.1 Å². The Morgan fingerprint density at radius 2 is 1.67 bits per heavy atom. The Morgan fingerprint density at radius 1 is 0.917 bits per heavy atom. The third-order valence-electron chi connectivity index (χ3n) is 5.18. The molecule has 2 N–H and O–H groups in total. The highest BCUT2D eigenvalue weighted by atomic mass is 35.5. The molecule has 184 valence electrons. The van der Waals surface area contributed by atoms with E-state index >= 15 is 0 Å². The first-order chi connectivity index (χ1) is 17.3. The number of nitrogens with zero attached hydrogens (tertiary/aromatic N) is 3. The van der Waals surface area contributed by atoms with Gasteiger partial charge in [0.2, 0.25) is 5.91 Å². The van der Waals surface area contributed by atoms with Crippen molar-refractivity contribution >= 4 is 52.5 Å². The fourth-order valence-corrected chi connectivity index (χ4v) is 4.55. The van der Waals surface area contributed by atoms with Crippen LogP contribution in [0.2, 0.25) is 10.0 Å². The molecule has 1 aromatic heterocycles. The summed E-state index contributed by atoms with van der Waals surface area (Å²) in [5, 5.41) is 15.6. The Balaban J connectivity index is 1.53. The molecule has 0 radical (unpaired) electrons. The van der Waals surface area contributed by atoms with E-state index in [2.05, 4.69) is 20.8 Å². The minimum absolute atomic E-state index is 0.114. The lowest BCUT2D eigenvalue weighted by Gasteiger charge is -2.12. The molecule has 4 rings (SSSR count). The molecule has 0 saturated carbocycles. The zero-order valence-corrected chi connectivity index (χ0v) is 21.9. The summed E-state index contributed by atoms with van der Waals surface area (Å²) >= 11 is 13.6. The molecule has 7 nitrogen and oxygen atoms in total. The van der Waals surface area contributed by atoms with Crippen LogP contribution in [-0.4, -0.2) is 32.3 Å². The smallest absolute Gasteiger partial charge is 0.251 e. The normalized spacial score (nSPS) is 10.8.